The van der Waals surface area contributed by atoms with E-state index in [1.54, 1.807) is 0 Å². The van der Waals surface area contributed by atoms with Gasteiger partial charge in [-0.25, -0.2) is 0 Å². The summed E-state index contributed by atoms with van der Waals surface area (Å²) in [5, 5.41) is 0. The van der Waals surface area contributed by atoms with Gasteiger partial charge in [-0.15, -0.1) is 0 Å². The fourth-order valence-electron chi connectivity index (χ4n) is 2.24. The lowest BCUT2D eigenvalue weighted by Gasteiger charge is -2.35. The van der Waals surface area contributed by atoms with Crippen molar-refractivity contribution in [2.24, 2.45) is 5.92 Å². The van der Waals surface area contributed by atoms with E-state index in [2.05, 4.69) is 0 Å². The van der Waals surface area contributed by atoms with Crippen LogP contribution in [-0.4, -0.2) is 73.3 Å². The second-order valence-corrected chi connectivity index (χ2v) is 5.53. The summed E-state index contributed by atoms with van der Waals surface area (Å²) in [6.07, 6.45) is 2.69. The van der Waals surface area contributed by atoms with Crippen LogP contribution >= 0.6 is 0 Å². The fraction of sp³-hybridized carbons (Fsp3) is 0.846. The van der Waals surface area contributed by atoms with Crippen LogP contribution in [0.2, 0.25) is 0 Å². The standard InChI is InChI=1S/C13H23N3O2/c1-14(2)6-5-12(17)15-7-9-16(10-8-15)13(18)11-3-4-11/h11H,3-10H2,1-2H3. The van der Waals surface area contributed by atoms with Crippen molar-refractivity contribution in [2.75, 3.05) is 46.8 Å². The van der Waals surface area contributed by atoms with Crippen molar-refractivity contribution in [3.63, 3.8) is 0 Å². The molecule has 0 aromatic rings. The van der Waals surface area contributed by atoms with Crippen LogP contribution in [0.4, 0.5) is 0 Å². The molecule has 18 heavy (non-hydrogen) atoms. The predicted molar refractivity (Wildman–Crippen MR) is 69.1 cm³/mol. The smallest absolute Gasteiger partial charge is 0.225 e. The monoisotopic (exact) mass is 253 g/mol. The Morgan fingerprint density at radius 2 is 1.61 bits per heavy atom. The third-order valence-corrected chi connectivity index (χ3v) is 3.64. The first kappa shape index (κ1) is 13.3. The molecule has 0 bridgehead atoms. The Balaban J connectivity index is 1.72. The minimum atomic E-state index is 0.210. The van der Waals surface area contributed by atoms with Crippen molar-refractivity contribution in [1.29, 1.82) is 0 Å². The molecule has 1 heterocycles. The largest absolute Gasteiger partial charge is 0.339 e. The normalized spacial score (nSPS) is 20.4. The summed E-state index contributed by atoms with van der Waals surface area (Å²) in [5.41, 5.74) is 0. The van der Waals surface area contributed by atoms with Crippen LogP contribution in [0.25, 0.3) is 0 Å². The molecule has 1 aliphatic carbocycles. The molecule has 1 aliphatic heterocycles. The van der Waals surface area contributed by atoms with Gasteiger partial charge in [-0.3, -0.25) is 9.59 Å². The van der Waals surface area contributed by atoms with Gasteiger partial charge in [0.2, 0.25) is 11.8 Å². The van der Waals surface area contributed by atoms with Gasteiger partial charge in [0.25, 0.3) is 0 Å². The van der Waals surface area contributed by atoms with Gasteiger partial charge >= 0.3 is 0 Å². The van der Waals surface area contributed by atoms with Gasteiger partial charge in [0, 0.05) is 45.1 Å². The SMILES string of the molecule is CN(C)CCC(=O)N1CCN(C(=O)C2CC2)CC1. The van der Waals surface area contributed by atoms with Gasteiger partial charge in [0.1, 0.15) is 0 Å². The number of rotatable bonds is 4. The highest BCUT2D eigenvalue weighted by molar-refractivity contribution is 5.81. The van der Waals surface area contributed by atoms with Gasteiger partial charge in [-0.2, -0.15) is 0 Å². The molecule has 0 radical (unpaired) electrons. The molecular weight excluding hydrogens is 230 g/mol. The Morgan fingerprint density at radius 3 is 2.11 bits per heavy atom. The van der Waals surface area contributed by atoms with E-state index in [1.807, 2.05) is 28.8 Å². The van der Waals surface area contributed by atoms with Crippen molar-refractivity contribution in [2.45, 2.75) is 19.3 Å². The number of carbonyl (C=O) groups excluding carboxylic acids is 2. The molecule has 5 heteroatoms. The summed E-state index contributed by atoms with van der Waals surface area (Å²) in [6.45, 7) is 3.61. The maximum atomic E-state index is 11.9. The van der Waals surface area contributed by atoms with E-state index in [9.17, 15) is 9.59 Å². The Hall–Kier alpha value is -1.10. The number of carbonyl (C=O) groups is 2. The third kappa shape index (κ3) is 3.45. The maximum absolute atomic E-state index is 11.9. The van der Waals surface area contributed by atoms with Crippen LogP contribution in [0, 0.1) is 5.92 Å². The zero-order valence-corrected chi connectivity index (χ0v) is 11.4. The van der Waals surface area contributed by atoms with Gasteiger partial charge in [0.05, 0.1) is 0 Å². The second-order valence-electron chi connectivity index (χ2n) is 5.53. The van der Waals surface area contributed by atoms with E-state index in [1.165, 1.54) is 0 Å². The minimum absolute atomic E-state index is 0.210. The number of nitrogens with zero attached hydrogens (tertiary/aromatic N) is 3. The highest BCUT2D eigenvalue weighted by Crippen LogP contribution is 2.31. The van der Waals surface area contributed by atoms with E-state index < -0.39 is 0 Å². The molecule has 2 amide bonds. The van der Waals surface area contributed by atoms with Crippen molar-refractivity contribution >= 4 is 11.8 Å². The van der Waals surface area contributed by atoms with Crippen molar-refractivity contribution in [1.82, 2.24) is 14.7 Å². The lowest BCUT2D eigenvalue weighted by molar-refractivity contribution is -0.140. The Morgan fingerprint density at radius 1 is 1.06 bits per heavy atom. The van der Waals surface area contributed by atoms with Crippen molar-refractivity contribution < 1.29 is 9.59 Å². The molecule has 0 aromatic heterocycles. The molecule has 2 aliphatic rings. The molecule has 0 N–H and O–H groups in total. The summed E-state index contributed by atoms with van der Waals surface area (Å²) in [6, 6.07) is 0. The summed E-state index contributed by atoms with van der Waals surface area (Å²) in [7, 11) is 3.94. The minimum Gasteiger partial charge on any atom is -0.339 e. The molecule has 102 valence electrons. The first-order valence-corrected chi connectivity index (χ1v) is 6.79. The first-order valence-electron chi connectivity index (χ1n) is 6.79. The molecule has 1 saturated carbocycles. The highest BCUT2D eigenvalue weighted by Gasteiger charge is 2.35. The lowest BCUT2D eigenvalue weighted by atomic mass is 10.2. The van der Waals surface area contributed by atoms with Crippen LogP contribution in [0.15, 0.2) is 0 Å². The maximum Gasteiger partial charge on any atom is 0.225 e. The zero-order valence-electron chi connectivity index (χ0n) is 11.4. The molecule has 0 unspecified atom stereocenters. The number of amides is 2. The van der Waals surface area contributed by atoms with Gasteiger partial charge in [-0.05, 0) is 26.9 Å². The summed E-state index contributed by atoms with van der Waals surface area (Å²) < 4.78 is 0. The lowest BCUT2D eigenvalue weighted by Crippen LogP contribution is -2.51. The molecule has 2 rings (SSSR count). The predicted octanol–water partition coefficient (Wildman–Crippen LogP) is 0.0189. The van der Waals surface area contributed by atoms with Crippen LogP contribution < -0.4 is 0 Å². The number of piperazine rings is 1. The van der Waals surface area contributed by atoms with Crippen LogP contribution in [0.1, 0.15) is 19.3 Å². The highest BCUT2D eigenvalue weighted by atomic mass is 16.2. The summed E-state index contributed by atoms with van der Waals surface area (Å²) in [5.74, 6) is 0.804. The molecule has 0 aromatic carbocycles. The van der Waals surface area contributed by atoms with E-state index >= 15 is 0 Å². The molecule has 2 fully saturated rings. The Bertz CT molecular complexity index is 318. The Labute approximate surface area is 109 Å². The first-order chi connectivity index (χ1) is 8.58. The van der Waals surface area contributed by atoms with E-state index in [0.29, 0.717) is 44.4 Å². The van der Waals surface area contributed by atoms with Crippen LogP contribution in [0.5, 0.6) is 0 Å². The van der Waals surface area contributed by atoms with E-state index in [4.69, 9.17) is 0 Å². The van der Waals surface area contributed by atoms with E-state index in [-0.39, 0.29) is 5.91 Å². The van der Waals surface area contributed by atoms with E-state index in [0.717, 1.165) is 19.4 Å². The van der Waals surface area contributed by atoms with Crippen molar-refractivity contribution in [3.05, 3.63) is 0 Å². The molecule has 0 spiro atoms. The van der Waals surface area contributed by atoms with Crippen molar-refractivity contribution in [3.8, 4) is 0 Å². The quantitative estimate of drug-likeness (QED) is 0.709. The van der Waals surface area contributed by atoms with Gasteiger partial charge in [-0.1, -0.05) is 0 Å². The van der Waals surface area contributed by atoms with Crippen LogP contribution in [0.3, 0.4) is 0 Å². The summed E-state index contributed by atoms with van der Waals surface area (Å²) >= 11 is 0. The topological polar surface area (TPSA) is 43.9 Å². The Kier molecular flexibility index (Phi) is 4.22. The zero-order chi connectivity index (χ0) is 13.1. The van der Waals surface area contributed by atoms with Gasteiger partial charge in [0.15, 0.2) is 0 Å². The fourth-order valence-corrected chi connectivity index (χ4v) is 2.24. The van der Waals surface area contributed by atoms with Crippen LogP contribution in [-0.2, 0) is 9.59 Å². The number of hydrogen-bond donors (Lipinski definition) is 0. The number of hydrogen-bond acceptors (Lipinski definition) is 3. The molecule has 5 nitrogen and oxygen atoms in total. The molecule has 1 saturated heterocycles. The molecule has 0 atom stereocenters. The second kappa shape index (κ2) is 5.69. The molecular formula is C13H23N3O2. The average Bonchev–Trinajstić information content (AvgIpc) is 3.19. The van der Waals surface area contributed by atoms with Gasteiger partial charge < -0.3 is 14.7 Å². The average molecular weight is 253 g/mol. The third-order valence-electron chi connectivity index (χ3n) is 3.64. The summed E-state index contributed by atoms with van der Waals surface area (Å²) in [4.78, 5) is 29.6.